The van der Waals surface area contributed by atoms with E-state index in [0.717, 1.165) is 30.4 Å². The third-order valence-electron chi connectivity index (χ3n) is 2.68. The monoisotopic (exact) mass is 270 g/mol. The zero-order valence-corrected chi connectivity index (χ0v) is 9.80. The molecule has 0 radical (unpaired) electrons. The maximum Gasteiger partial charge on any atom is 0.124 e. The van der Waals surface area contributed by atoms with Crippen molar-refractivity contribution in [2.24, 2.45) is 0 Å². The van der Waals surface area contributed by atoms with Crippen molar-refractivity contribution in [2.45, 2.75) is 25.4 Å². The first-order valence-electron chi connectivity index (χ1n) is 5.00. The molecule has 0 bridgehead atoms. The lowest BCUT2D eigenvalue weighted by Crippen LogP contribution is -2.01. The fourth-order valence-corrected chi connectivity index (χ4v) is 2.43. The van der Waals surface area contributed by atoms with Crippen molar-refractivity contribution in [3.63, 3.8) is 0 Å². The fraction of sp³-hybridized carbons (Fsp3) is 0.333. The van der Waals surface area contributed by atoms with Crippen LogP contribution in [-0.4, -0.2) is 5.11 Å². The highest BCUT2D eigenvalue weighted by Gasteiger charge is 2.18. The largest absolute Gasteiger partial charge is 0.384 e. The Morgan fingerprint density at radius 2 is 2.20 bits per heavy atom. The van der Waals surface area contributed by atoms with Crippen molar-refractivity contribution in [2.75, 3.05) is 0 Å². The Bertz CT molecular complexity index is 401. The fourth-order valence-electron chi connectivity index (χ4n) is 1.87. The summed E-state index contributed by atoms with van der Waals surface area (Å²) >= 11 is 3.27. The number of halogens is 2. The molecule has 1 aliphatic carbocycles. The van der Waals surface area contributed by atoms with E-state index in [1.165, 1.54) is 12.1 Å². The van der Waals surface area contributed by atoms with E-state index in [1.54, 1.807) is 6.07 Å². The lowest BCUT2D eigenvalue weighted by atomic mass is 10.0. The Hall–Kier alpha value is -0.670. The predicted molar refractivity (Wildman–Crippen MR) is 61.0 cm³/mol. The number of allylic oxidation sites excluding steroid dienone is 1. The molecule has 1 unspecified atom stereocenters. The molecule has 0 aromatic heterocycles. The second kappa shape index (κ2) is 4.45. The van der Waals surface area contributed by atoms with Crippen molar-refractivity contribution < 1.29 is 9.50 Å². The summed E-state index contributed by atoms with van der Waals surface area (Å²) in [6.45, 7) is 0. The van der Waals surface area contributed by atoms with Crippen LogP contribution >= 0.6 is 15.9 Å². The van der Waals surface area contributed by atoms with Crippen molar-refractivity contribution in [3.8, 4) is 0 Å². The maximum atomic E-state index is 12.9. The molecule has 0 fully saturated rings. The van der Waals surface area contributed by atoms with Crippen LogP contribution in [0.2, 0.25) is 0 Å². The van der Waals surface area contributed by atoms with Gasteiger partial charge in [-0.05, 0) is 42.5 Å². The quantitative estimate of drug-likeness (QED) is 0.812. The lowest BCUT2D eigenvalue weighted by molar-refractivity contribution is 0.212. The summed E-state index contributed by atoms with van der Waals surface area (Å²) < 4.78 is 13.5. The average molecular weight is 271 g/mol. The van der Waals surface area contributed by atoms with Gasteiger partial charge < -0.3 is 5.11 Å². The minimum atomic E-state index is -0.595. The van der Waals surface area contributed by atoms with E-state index < -0.39 is 6.10 Å². The minimum absolute atomic E-state index is 0.293. The molecule has 1 aromatic carbocycles. The Labute approximate surface area is 96.8 Å². The molecule has 1 N–H and O–H groups in total. The molecule has 1 aromatic rings. The van der Waals surface area contributed by atoms with Crippen molar-refractivity contribution in [3.05, 3.63) is 45.7 Å². The number of rotatable bonds is 2. The predicted octanol–water partition coefficient (Wildman–Crippen LogP) is 3.73. The smallest absolute Gasteiger partial charge is 0.124 e. The van der Waals surface area contributed by atoms with Gasteiger partial charge >= 0.3 is 0 Å². The molecule has 0 amide bonds. The van der Waals surface area contributed by atoms with Crippen LogP contribution in [0.15, 0.2) is 34.3 Å². The summed E-state index contributed by atoms with van der Waals surface area (Å²) in [5.74, 6) is -0.293. The molecule has 15 heavy (non-hydrogen) atoms. The van der Waals surface area contributed by atoms with Crippen LogP contribution in [0, 0.1) is 5.82 Å². The Kier molecular flexibility index (Phi) is 3.22. The summed E-state index contributed by atoms with van der Waals surface area (Å²) in [6, 6.07) is 4.39. The second-order valence-electron chi connectivity index (χ2n) is 3.74. The first-order chi connectivity index (χ1) is 7.18. The summed E-state index contributed by atoms with van der Waals surface area (Å²) in [5.41, 5.74) is 1.78. The van der Waals surface area contributed by atoms with Crippen LogP contribution < -0.4 is 0 Å². The molecule has 0 aliphatic heterocycles. The summed E-state index contributed by atoms with van der Waals surface area (Å²) in [4.78, 5) is 0. The van der Waals surface area contributed by atoms with Gasteiger partial charge in [0.1, 0.15) is 11.9 Å². The van der Waals surface area contributed by atoms with Gasteiger partial charge in [-0.15, -0.1) is 0 Å². The second-order valence-corrected chi connectivity index (χ2v) is 4.59. The highest BCUT2D eigenvalue weighted by atomic mass is 79.9. The van der Waals surface area contributed by atoms with Gasteiger partial charge in [0.25, 0.3) is 0 Å². The van der Waals surface area contributed by atoms with Crippen LogP contribution in [-0.2, 0) is 0 Å². The number of hydrogen-bond acceptors (Lipinski definition) is 1. The van der Waals surface area contributed by atoms with E-state index in [1.807, 2.05) is 0 Å². The molecule has 0 heterocycles. The molecule has 1 atom stereocenters. The highest BCUT2D eigenvalue weighted by Crippen LogP contribution is 2.34. The van der Waals surface area contributed by atoms with E-state index in [9.17, 15) is 9.50 Å². The Morgan fingerprint density at radius 1 is 1.40 bits per heavy atom. The molecule has 1 nitrogen and oxygen atoms in total. The molecule has 1 aliphatic rings. The number of aliphatic hydroxyl groups excluding tert-OH is 1. The van der Waals surface area contributed by atoms with Gasteiger partial charge in [-0.3, -0.25) is 0 Å². The van der Waals surface area contributed by atoms with Gasteiger partial charge in [0, 0.05) is 4.47 Å². The lowest BCUT2D eigenvalue weighted by Gasteiger charge is -2.14. The van der Waals surface area contributed by atoms with Crippen molar-refractivity contribution in [1.82, 2.24) is 0 Å². The summed E-state index contributed by atoms with van der Waals surface area (Å²) in [5, 5.41) is 10.1. The van der Waals surface area contributed by atoms with Gasteiger partial charge in [0.15, 0.2) is 0 Å². The highest BCUT2D eigenvalue weighted by molar-refractivity contribution is 9.10. The number of aliphatic hydroxyl groups is 1. The van der Waals surface area contributed by atoms with Gasteiger partial charge in [-0.1, -0.05) is 28.1 Å². The minimum Gasteiger partial charge on any atom is -0.384 e. The van der Waals surface area contributed by atoms with Gasteiger partial charge in [-0.2, -0.15) is 0 Å². The van der Waals surface area contributed by atoms with E-state index >= 15 is 0 Å². The van der Waals surface area contributed by atoms with E-state index in [4.69, 9.17) is 0 Å². The normalized spacial score (nSPS) is 17.7. The number of hydrogen-bond donors (Lipinski definition) is 1. The molecular weight excluding hydrogens is 259 g/mol. The van der Waals surface area contributed by atoms with Crippen molar-refractivity contribution in [1.29, 1.82) is 0 Å². The molecular formula is C12H12BrFO. The van der Waals surface area contributed by atoms with E-state index in [0.29, 0.717) is 4.47 Å². The molecule has 3 heteroatoms. The first kappa shape index (κ1) is 10.8. The topological polar surface area (TPSA) is 20.2 Å². The van der Waals surface area contributed by atoms with Gasteiger partial charge in [0.2, 0.25) is 0 Å². The Morgan fingerprint density at radius 3 is 2.80 bits per heavy atom. The number of benzene rings is 1. The molecule has 2 rings (SSSR count). The summed E-state index contributed by atoms with van der Waals surface area (Å²) in [6.07, 6.45) is 4.55. The van der Waals surface area contributed by atoms with Crippen LogP contribution in [0.1, 0.15) is 30.9 Å². The molecule has 0 spiro atoms. The third kappa shape index (κ3) is 2.29. The van der Waals surface area contributed by atoms with Gasteiger partial charge in [0.05, 0.1) is 0 Å². The maximum absolute atomic E-state index is 12.9. The SMILES string of the molecule is OC(C1=CCCC1)c1ccc(F)cc1Br. The van der Waals surface area contributed by atoms with E-state index in [-0.39, 0.29) is 5.82 Å². The molecule has 80 valence electrons. The molecule has 0 saturated carbocycles. The molecule has 0 saturated heterocycles. The zero-order chi connectivity index (χ0) is 10.8. The third-order valence-corrected chi connectivity index (χ3v) is 3.37. The Balaban J connectivity index is 2.28. The van der Waals surface area contributed by atoms with E-state index in [2.05, 4.69) is 22.0 Å². The standard InChI is InChI=1S/C12H12BrFO/c13-11-7-9(14)5-6-10(11)12(15)8-3-1-2-4-8/h3,5-7,12,15H,1-2,4H2. The van der Waals surface area contributed by atoms with Crippen LogP contribution in [0.4, 0.5) is 4.39 Å². The van der Waals surface area contributed by atoms with Crippen LogP contribution in [0.3, 0.4) is 0 Å². The summed E-state index contributed by atoms with van der Waals surface area (Å²) in [7, 11) is 0. The average Bonchev–Trinajstić information content (AvgIpc) is 2.69. The first-order valence-corrected chi connectivity index (χ1v) is 5.80. The van der Waals surface area contributed by atoms with Gasteiger partial charge in [-0.25, -0.2) is 4.39 Å². The zero-order valence-electron chi connectivity index (χ0n) is 8.21. The van der Waals surface area contributed by atoms with Crippen LogP contribution in [0.25, 0.3) is 0 Å². The van der Waals surface area contributed by atoms with Crippen LogP contribution in [0.5, 0.6) is 0 Å². The van der Waals surface area contributed by atoms with Crippen molar-refractivity contribution >= 4 is 15.9 Å².